The summed E-state index contributed by atoms with van der Waals surface area (Å²) in [6.07, 6.45) is 3.57. The van der Waals surface area contributed by atoms with Gasteiger partial charge >= 0.3 is 6.09 Å². The van der Waals surface area contributed by atoms with Crippen molar-refractivity contribution in [1.82, 2.24) is 4.90 Å². The molecule has 0 aromatic heterocycles. The third-order valence-corrected chi connectivity index (χ3v) is 3.81. The van der Waals surface area contributed by atoms with Crippen LogP contribution < -0.4 is 5.32 Å². The molecule has 1 fully saturated rings. The fourth-order valence-corrected chi connectivity index (χ4v) is 2.40. The highest BCUT2D eigenvalue weighted by Crippen LogP contribution is 2.24. The van der Waals surface area contributed by atoms with Crippen LogP contribution in [0.5, 0.6) is 0 Å². The highest BCUT2D eigenvalue weighted by atomic mass is 16.6. The molecule has 1 aromatic carbocycles. The number of nitrogens with one attached hydrogen (secondary N) is 1. The van der Waals surface area contributed by atoms with Gasteiger partial charge in [-0.15, -0.1) is 0 Å². The Kier molecular flexibility index (Phi) is 5.33. The van der Waals surface area contributed by atoms with Crippen LogP contribution in [0.4, 0.5) is 10.5 Å². The summed E-state index contributed by atoms with van der Waals surface area (Å²) < 4.78 is 5.46. The fourth-order valence-electron chi connectivity index (χ4n) is 2.40. The normalized spacial score (nSPS) is 15.1. The highest BCUT2D eigenvalue weighted by Gasteiger charge is 2.21. The third kappa shape index (κ3) is 4.93. The summed E-state index contributed by atoms with van der Waals surface area (Å²) in [6.45, 7) is 8.85. The first-order valence-electron chi connectivity index (χ1n) is 8.21. The van der Waals surface area contributed by atoms with E-state index >= 15 is 0 Å². The van der Waals surface area contributed by atoms with Crippen LogP contribution in [-0.4, -0.2) is 29.2 Å². The summed E-state index contributed by atoms with van der Waals surface area (Å²) in [5, 5.41) is 3.54. The standard InChI is InChI=1S/C18H28N2O2/c1-5-20(17(21)22-18(2,3)4)13-14-8-6-11-16(12-14)19-15-9-7-10-15/h6,8,11-12,15,19H,5,7,9-10,13H2,1-4H3. The summed E-state index contributed by atoms with van der Waals surface area (Å²) in [7, 11) is 0. The number of nitrogens with zero attached hydrogens (tertiary/aromatic N) is 1. The molecule has 0 unspecified atom stereocenters. The molecule has 2 rings (SSSR count). The molecular weight excluding hydrogens is 276 g/mol. The minimum atomic E-state index is -0.460. The van der Waals surface area contributed by atoms with E-state index in [9.17, 15) is 4.79 Å². The van der Waals surface area contributed by atoms with Crippen molar-refractivity contribution in [3.8, 4) is 0 Å². The van der Waals surface area contributed by atoms with Crippen molar-refractivity contribution in [1.29, 1.82) is 0 Å². The first-order chi connectivity index (χ1) is 10.4. The molecule has 0 spiro atoms. The summed E-state index contributed by atoms with van der Waals surface area (Å²) in [5.41, 5.74) is 1.80. The zero-order valence-corrected chi connectivity index (χ0v) is 14.2. The molecule has 0 radical (unpaired) electrons. The maximum absolute atomic E-state index is 12.2. The van der Waals surface area contributed by atoms with Crippen LogP contribution in [0.15, 0.2) is 24.3 Å². The molecule has 1 aliphatic carbocycles. The molecule has 1 aliphatic rings. The molecule has 1 aromatic rings. The monoisotopic (exact) mass is 304 g/mol. The van der Waals surface area contributed by atoms with Gasteiger partial charge in [0.15, 0.2) is 0 Å². The van der Waals surface area contributed by atoms with Gasteiger partial charge < -0.3 is 15.0 Å². The van der Waals surface area contributed by atoms with E-state index in [0.29, 0.717) is 19.1 Å². The van der Waals surface area contributed by atoms with Crippen molar-refractivity contribution >= 4 is 11.8 Å². The van der Waals surface area contributed by atoms with Crippen LogP contribution in [0.25, 0.3) is 0 Å². The van der Waals surface area contributed by atoms with E-state index in [1.165, 1.54) is 19.3 Å². The Labute approximate surface area is 133 Å². The molecule has 0 heterocycles. The Morgan fingerprint density at radius 2 is 2.09 bits per heavy atom. The van der Waals surface area contributed by atoms with Crippen LogP contribution in [-0.2, 0) is 11.3 Å². The molecule has 1 amide bonds. The fraction of sp³-hybridized carbons (Fsp3) is 0.611. The number of anilines is 1. The van der Waals surface area contributed by atoms with Gasteiger partial charge in [0.05, 0.1) is 0 Å². The van der Waals surface area contributed by atoms with Crippen molar-refractivity contribution in [2.45, 2.75) is 65.1 Å². The van der Waals surface area contributed by atoms with Crippen LogP contribution >= 0.6 is 0 Å². The smallest absolute Gasteiger partial charge is 0.410 e. The highest BCUT2D eigenvalue weighted by molar-refractivity contribution is 5.68. The van der Waals surface area contributed by atoms with E-state index in [-0.39, 0.29) is 6.09 Å². The second kappa shape index (κ2) is 7.03. The van der Waals surface area contributed by atoms with E-state index in [1.54, 1.807) is 4.90 Å². The number of hydrogen-bond acceptors (Lipinski definition) is 3. The predicted octanol–water partition coefficient (Wildman–Crippen LogP) is 4.41. The van der Waals surface area contributed by atoms with Gasteiger partial charge in [-0.3, -0.25) is 0 Å². The number of hydrogen-bond donors (Lipinski definition) is 1. The second-order valence-electron chi connectivity index (χ2n) is 6.97. The topological polar surface area (TPSA) is 41.6 Å². The van der Waals surface area contributed by atoms with E-state index in [0.717, 1.165) is 11.3 Å². The summed E-state index contributed by atoms with van der Waals surface area (Å²) >= 11 is 0. The first-order valence-corrected chi connectivity index (χ1v) is 8.21. The number of rotatable bonds is 5. The second-order valence-corrected chi connectivity index (χ2v) is 6.97. The van der Waals surface area contributed by atoms with Crippen molar-refractivity contribution in [2.75, 3.05) is 11.9 Å². The SMILES string of the molecule is CCN(Cc1cccc(NC2CCC2)c1)C(=O)OC(C)(C)C. The van der Waals surface area contributed by atoms with Gasteiger partial charge in [-0.2, -0.15) is 0 Å². The maximum atomic E-state index is 12.2. The van der Waals surface area contributed by atoms with Gasteiger partial charge in [-0.1, -0.05) is 12.1 Å². The lowest BCUT2D eigenvalue weighted by molar-refractivity contribution is 0.0244. The van der Waals surface area contributed by atoms with Crippen molar-refractivity contribution < 1.29 is 9.53 Å². The van der Waals surface area contributed by atoms with Crippen LogP contribution in [0, 0.1) is 0 Å². The minimum absolute atomic E-state index is 0.257. The maximum Gasteiger partial charge on any atom is 0.410 e. The molecule has 122 valence electrons. The van der Waals surface area contributed by atoms with E-state index in [2.05, 4.69) is 23.5 Å². The number of carbonyl (C=O) groups excluding carboxylic acids is 1. The quantitative estimate of drug-likeness (QED) is 0.876. The van der Waals surface area contributed by atoms with Crippen molar-refractivity contribution in [3.63, 3.8) is 0 Å². The molecule has 4 heteroatoms. The zero-order chi connectivity index (χ0) is 16.2. The van der Waals surface area contributed by atoms with Crippen molar-refractivity contribution in [2.24, 2.45) is 0 Å². The summed E-state index contributed by atoms with van der Waals surface area (Å²) in [6, 6.07) is 8.93. The lowest BCUT2D eigenvalue weighted by Crippen LogP contribution is -2.36. The van der Waals surface area contributed by atoms with Gasteiger partial charge in [0.1, 0.15) is 5.60 Å². The molecular formula is C18H28N2O2. The first kappa shape index (κ1) is 16.7. The van der Waals surface area contributed by atoms with Gasteiger partial charge in [0, 0.05) is 24.8 Å². The van der Waals surface area contributed by atoms with Gasteiger partial charge in [-0.25, -0.2) is 4.79 Å². The van der Waals surface area contributed by atoms with E-state index in [1.807, 2.05) is 33.8 Å². The van der Waals surface area contributed by atoms with Crippen LogP contribution in [0.2, 0.25) is 0 Å². The Morgan fingerprint density at radius 1 is 1.36 bits per heavy atom. The average Bonchev–Trinajstić information content (AvgIpc) is 2.39. The number of benzene rings is 1. The largest absolute Gasteiger partial charge is 0.444 e. The predicted molar refractivity (Wildman–Crippen MR) is 90.0 cm³/mol. The molecule has 4 nitrogen and oxygen atoms in total. The molecule has 0 saturated heterocycles. The zero-order valence-electron chi connectivity index (χ0n) is 14.2. The summed E-state index contributed by atoms with van der Waals surface area (Å²) in [4.78, 5) is 13.9. The van der Waals surface area contributed by atoms with Gasteiger partial charge in [0.25, 0.3) is 0 Å². The third-order valence-electron chi connectivity index (χ3n) is 3.81. The number of carbonyl (C=O) groups is 1. The lowest BCUT2D eigenvalue weighted by atomic mass is 9.93. The van der Waals surface area contributed by atoms with E-state index < -0.39 is 5.60 Å². The Morgan fingerprint density at radius 3 is 2.64 bits per heavy atom. The molecule has 22 heavy (non-hydrogen) atoms. The molecule has 1 saturated carbocycles. The molecule has 1 N–H and O–H groups in total. The number of ether oxygens (including phenoxy) is 1. The van der Waals surface area contributed by atoms with Crippen molar-refractivity contribution in [3.05, 3.63) is 29.8 Å². The Bertz CT molecular complexity index is 504. The van der Waals surface area contributed by atoms with Crippen LogP contribution in [0.3, 0.4) is 0 Å². The molecule has 0 atom stereocenters. The van der Waals surface area contributed by atoms with E-state index in [4.69, 9.17) is 4.74 Å². The Hall–Kier alpha value is -1.71. The van der Waals surface area contributed by atoms with Gasteiger partial charge in [-0.05, 0) is 64.7 Å². The summed E-state index contributed by atoms with van der Waals surface area (Å²) in [5.74, 6) is 0. The van der Waals surface area contributed by atoms with Crippen LogP contribution in [0.1, 0.15) is 52.5 Å². The molecule has 0 aliphatic heterocycles. The van der Waals surface area contributed by atoms with Gasteiger partial charge in [0.2, 0.25) is 0 Å². The molecule has 0 bridgehead atoms. The minimum Gasteiger partial charge on any atom is -0.444 e. The average molecular weight is 304 g/mol. The Balaban J connectivity index is 1.97. The number of amides is 1. The lowest BCUT2D eigenvalue weighted by Gasteiger charge is -2.28.